The number of rotatable bonds is 7. The van der Waals surface area contributed by atoms with E-state index in [0.29, 0.717) is 18.8 Å². The normalized spacial score (nSPS) is 10.6. The lowest BCUT2D eigenvalue weighted by Crippen LogP contribution is -1.95. The molecule has 0 atom stereocenters. The van der Waals surface area contributed by atoms with Crippen molar-refractivity contribution >= 4 is 11.9 Å². The van der Waals surface area contributed by atoms with Gasteiger partial charge in [0, 0.05) is 5.56 Å². The van der Waals surface area contributed by atoms with E-state index in [0.717, 1.165) is 17.1 Å². The summed E-state index contributed by atoms with van der Waals surface area (Å²) < 4.78 is 10.7. The summed E-state index contributed by atoms with van der Waals surface area (Å²) in [5, 5.41) is 0. The Bertz CT molecular complexity index is 625. The van der Waals surface area contributed by atoms with Crippen LogP contribution in [-0.4, -0.2) is 19.0 Å². The van der Waals surface area contributed by atoms with Gasteiger partial charge in [-0.1, -0.05) is 18.2 Å². The average Bonchev–Trinajstić information content (AvgIpc) is 2.55. The Labute approximate surface area is 131 Å². The molecular formula is C19H20O3. The van der Waals surface area contributed by atoms with Crippen LogP contribution in [0.2, 0.25) is 0 Å². The van der Waals surface area contributed by atoms with Gasteiger partial charge in [0.25, 0.3) is 0 Å². The third-order valence-electron chi connectivity index (χ3n) is 3.07. The lowest BCUT2D eigenvalue weighted by atomic mass is 10.1. The minimum Gasteiger partial charge on any atom is -0.494 e. The molecule has 114 valence electrons. The van der Waals surface area contributed by atoms with Gasteiger partial charge in [0.1, 0.15) is 11.5 Å². The first-order chi connectivity index (χ1) is 10.7. The van der Waals surface area contributed by atoms with Gasteiger partial charge in [-0.2, -0.15) is 0 Å². The van der Waals surface area contributed by atoms with Crippen LogP contribution in [0.3, 0.4) is 0 Å². The molecule has 0 bridgehead atoms. The molecule has 0 N–H and O–H groups in total. The van der Waals surface area contributed by atoms with Gasteiger partial charge in [0.05, 0.1) is 13.2 Å². The van der Waals surface area contributed by atoms with Gasteiger partial charge in [0.2, 0.25) is 0 Å². The Hall–Kier alpha value is -2.55. The molecule has 3 heteroatoms. The van der Waals surface area contributed by atoms with Crippen molar-refractivity contribution in [3.63, 3.8) is 0 Å². The molecule has 22 heavy (non-hydrogen) atoms. The van der Waals surface area contributed by atoms with Crippen molar-refractivity contribution in [1.29, 1.82) is 0 Å². The average molecular weight is 296 g/mol. The van der Waals surface area contributed by atoms with Crippen LogP contribution in [0.15, 0.2) is 54.6 Å². The molecule has 2 rings (SSSR count). The van der Waals surface area contributed by atoms with E-state index >= 15 is 0 Å². The zero-order valence-corrected chi connectivity index (χ0v) is 12.9. The van der Waals surface area contributed by atoms with Crippen molar-refractivity contribution in [2.45, 2.75) is 13.8 Å². The highest BCUT2D eigenvalue weighted by atomic mass is 16.5. The molecule has 0 aliphatic heterocycles. The lowest BCUT2D eigenvalue weighted by molar-refractivity contribution is 0.104. The zero-order valence-electron chi connectivity index (χ0n) is 12.9. The van der Waals surface area contributed by atoms with Gasteiger partial charge < -0.3 is 9.47 Å². The highest BCUT2D eigenvalue weighted by Crippen LogP contribution is 2.15. The Morgan fingerprint density at radius 3 is 1.86 bits per heavy atom. The third-order valence-corrected chi connectivity index (χ3v) is 3.07. The van der Waals surface area contributed by atoms with E-state index < -0.39 is 0 Å². The molecule has 0 fully saturated rings. The second kappa shape index (κ2) is 8.03. The van der Waals surface area contributed by atoms with E-state index in [2.05, 4.69) is 0 Å². The number of allylic oxidation sites excluding steroid dienone is 1. The molecule has 0 unspecified atom stereocenters. The maximum absolute atomic E-state index is 12.1. The molecule has 0 saturated heterocycles. The van der Waals surface area contributed by atoms with Crippen LogP contribution in [0.5, 0.6) is 11.5 Å². The number of ketones is 1. The second-order valence-electron chi connectivity index (χ2n) is 4.66. The van der Waals surface area contributed by atoms with E-state index in [1.807, 2.05) is 38.1 Å². The van der Waals surface area contributed by atoms with Gasteiger partial charge in [0.15, 0.2) is 5.78 Å². The summed E-state index contributed by atoms with van der Waals surface area (Å²) in [6, 6.07) is 14.8. The summed E-state index contributed by atoms with van der Waals surface area (Å²) in [6.45, 7) is 5.14. The number of hydrogen-bond donors (Lipinski definition) is 0. The van der Waals surface area contributed by atoms with Crippen molar-refractivity contribution in [3.8, 4) is 11.5 Å². The first-order valence-electron chi connectivity index (χ1n) is 7.41. The van der Waals surface area contributed by atoms with Crippen molar-refractivity contribution in [1.82, 2.24) is 0 Å². The first kappa shape index (κ1) is 15.8. The minimum atomic E-state index is -0.0306. The van der Waals surface area contributed by atoms with Crippen molar-refractivity contribution < 1.29 is 14.3 Å². The number of carbonyl (C=O) groups excluding carboxylic acids is 1. The summed E-state index contributed by atoms with van der Waals surface area (Å²) in [4.78, 5) is 12.1. The molecule has 2 aromatic rings. The number of carbonyl (C=O) groups is 1. The van der Waals surface area contributed by atoms with Crippen molar-refractivity contribution in [2.75, 3.05) is 13.2 Å². The highest BCUT2D eigenvalue weighted by molar-refractivity contribution is 6.06. The van der Waals surface area contributed by atoms with Crippen LogP contribution < -0.4 is 9.47 Å². The fourth-order valence-electron chi connectivity index (χ4n) is 1.99. The Kier molecular flexibility index (Phi) is 5.78. The standard InChI is InChI=1S/C19H20O3/c1-3-21-17-10-5-15(6-11-17)7-14-19(20)16-8-12-18(13-9-16)22-4-2/h5-14H,3-4H2,1-2H3. The summed E-state index contributed by atoms with van der Waals surface area (Å²) >= 11 is 0. The van der Waals surface area contributed by atoms with E-state index in [1.165, 1.54) is 0 Å². The predicted molar refractivity (Wildman–Crippen MR) is 88.6 cm³/mol. The maximum atomic E-state index is 12.1. The number of hydrogen-bond acceptors (Lipinski definition) is 3. The molecule has 3 nitrogen and oxygen atoms in total. The molecule has 0 aliphatic carbocycles. The molecule has 0 amide bonds. The Morgan fingerprint density at radius 2 is 1.36 bits per heavy atom. The van der Waals surface area contributed by atoms with Gasteiger partial charge in [-0.3, -0.25) is 4.79 Å². The first-order valence-corrected chi connectivity index (χ1v) is 7.41. The summed E-state index contributed by atoms with van der Waals surface area (Å²) in [7, 11) is 0. The van der Waals surface area contributed by atoms with Gasteiger partial charge in [-0.25, -0.2) is 0 Å². The van der Waals surface area contributed by atoms with Gasteiger partial charge in [-0.05, 0) is 61.9 Å². The van der Waals surface area contributed by atoms with Crippen LogP contribution in [0.1, 0.15) is 29.8 Å². The van der Waals surface area contributed by atoms with Crippen molar-refractivity contribution in [2.24, 2.45) is 0 Å². The van der Waals surface area contributed by atoms with E-state index in [1.54, 1.807) is 36.4 Å². The van der Waals surface area contributed by atoms with Crippen molar-refractivity contribution in [3.05, 3.63) is 65.7 Å². The molecule has 0 aliphatic rings. The SMILES string of the molecule is CCOc1ccc(C=CC(=O)c2ccc(OCC)cc2)cc1. The monoisotopic (exact) mass is 296 g/mol. The van der Waals surface area contributed by atoms with E-state index in [4.69, 9.17) is 9.47 Å². The van der Waals surface area contributed by atoms with Crippen LogP contribution in [-0.2, 0) is 0 Å². The quantitative estimate of drug-likeness (QED) is 0.562. The van der Waals surface area contributed by atoms with E-state index in [-0.39, 0.29) is 5.78 Å². The van der Waals surface area contributed by atoms with Crippen LogP contribution >= 0.6 is 0 Å². The zero-order chi connectivity index (χ0) is 15.8. The smallest absolute Gasteiger partial charge is 0.185 e. The third kappa shape index (κ3) is 4.48. The van der Waals surface area contributed by atoms with Crippen LogP contribution in [0, 0.1) is 0 Å². The summed E-state index contributed by atoms with van der Waals surface area (Å²) in [5.41, 5.74) is 1.60. The molecule has 2 aromatic carbocycles. The maximum Gasteiger partial charge on any atom is 0.185 e. The molecule has 0 saturated carbocycles. The second-order valence-corrected chi connectivity index (χ2v) is 4.66. The molecule has 0 aromatic heterocycles. The molecule has 0 spiro atoms. The molecule has 0 radical (unpaired) electrons. The highest BCUT2D eigenvalue weighted by Gasteiger charge is 2.02. The summed E-state index contributed by atoms with van der Waals surface area (Å²) in [5.74, 6) is 1.57. The lowest BCUT2D eigenvalue weighted by Gasteiger charge is -2.03. The van der Waals surface area contributed by atoms with Gasteiger partial charge in [-0.15, -0.1) is 0 Å². The predicted octanol–water partition coefficient (Wildman–Crippen LogP) is 4.38. The van der Waals surface area contributed by atoms with E-state index in [9.17, 15) is 4.79 Å². The topological polar surface area (TPSA) is 35.5 Å². The van der Waals surface area contributed by atoms with Crippen LogP contribution in [0.4, 0.5) is 0 Å². The largest absolute Gasteiger partial charge is 0.494 e. The molecular weight excluding hydrogens is 276 g/mol. The van der Waals surface area contributed by atoms with Crippen LogP contribution in [0.25, 0.3) is 6.08 Å². The minimum absolute atomic E-state index is 0.0306. The number of benzene rings is 2. The fraction of sp³-hybridized carbons (Fsp3) is 0.211. The molecule has 0 heterocycles. The fourth-order valence-corrected chi connectivity index (χ4v) is 1.99. The summed E-state index contributed by atoms with van der Waals surface area (Å²) in [6.07, 6.45) is 3.37. The number of ether oxygens (including phenoxy) is 2. The Morgan fingerprint density at radius 1 is 0.864 bits per heavy atom. The Balaban J connectivity index is 2.00. The van der Waals surface area contributed by atoms with Gasteiger partial charge >= 0.3 is 0 Å².